The summed E-state index contributed by atoms with van der Waals surface area (Å²) in [5.74, 6) is -1.06. The number of fused-ring (bicyclic) bond motifs is 1. The minimum absolute atomic E-state index is 0.0119. The highest BCUT2D eigenvalue weighted by atomic mass is 19.1. The first-order valence-electron chi connectivity index (χ1n) is 9.01. The predicted octanol–water partition coefficient (Wildman–Crippen LogP) is 4.39. The molecule has 0 saturated carbocycles. The van der Waals surface area contributed by atoms with Crippen LogP contribution in [0.4, 0.5) is 15.8 Å². The van der Waals surface area contributed by atoms with E-state index in [0.717, 1.165) is 5.56 Å². The van der Waals surface area contributed by atoms with Crippen LogP contribution in [-0.2, 0) is 16.1 Å². The molecule has 1 atom stereocenters. The maximum atomic E-state index is 13.6. The van der Waals surface area contributed by atoms with Gasteiger partial charge in [0.2, 0.25) is 11.8 Å². The molecule has 0 bridgehead atoms. The number of halogens is 1. The highest BCUT2D eigenvalue weighted by Gasteiger charge is 2.34. The van der Waals surface area contributed by atoms with Crippen molar-refractivity contribution in [1.29, 1.82) is 0 Å². The van der Waals surface area contributed by atoms with E-state index in [1.165, 1.54) is 12.1 Å². The summed E-state index contributed by atoms with van der Waals surface area (Å²) in [7, 11) is 0. The first-order valence-corrected chi connectivity index (χ1v) is 9.01. The molecule has 4 rings (SSSR count). The molecule has 1 N–H and O–H groups in total. The number of furan rings is 1. The van der Waals surface area contributed by atoms with Gasteiger partial charge in [-0.25, -0.2) is 4.39 Å². The Balaban J connectivity index is 1.73. The molecule has 5 nitrogen and oxygen atoms in total. The van der Waals surface area contributed by atoms with Gasteiger partial charge < -0.3 is 14.6 Å². The summed E-state index contributed by atoms with van der Waals surface area (Å²) < 4.78 is 19.0. The Bertz CT molecular complexity index is 1010. The molecule has 2 heterocycles. The van der Waals surface area contributed by atoms with E-state index >= 15 is 0 Å². The number of amides is 2. The van der Waals surface area contributed by atoms with Crippen molar-refractivity contribution >= 4 is 23.2 Å². The second-order valence-corrected chi connectivity index (χ2v) is 6.88. The number of hydrogen-bond donors (Lipinski definition) is 1. The van der Waals surface area contributed by atoms with Crippen molar-refractivity contribution in [1.82, 2.24) is 0 Å². The number of carbonyl (C=O) groups is 2. The third-order valence-electron chi connectivity index (χ3n) is 4.86. The van der Waals surface area contributed by atoms with Gasteiger partial charge in [0.1, 0.15) is 11.6 Å². The van der Waals surface area contributed by atoms with E-state index in [-0.39, 0.29) is 24.8 Å². The van der Waals surface area contributed by atoms with E-state index in [4.69, 9.17) is 4.42 Å². The molecule has 1 aromatic heterocycles. The van der Waals surface area contributed by atoms with Gasteiger partial charge >= 0.3 is 0 Å². The summed E-state index contributed by atoms with van der Waals surface area (Å²) in [5, 5.41) is 2.65. The lowest BCUT2D eigenvalue weighted by atomic mass is 9.89. The second kappa shape index (κ2) is 7.31. The Hall–Kier alpha value is -3.41. The largest absolute Gasteiger partial charge is 0.467 e. The van der Waals surface area contributed by atoms with Gasteiger partial charge in [0.15, 0.2) is 0 Å². The molecule has 2 aromatic carbocycles. The predicted molar refractivity (Wildman–Crippen MR) is 103 cm³/mol. The van der Waals surface area contributed by atoms with E-state index in [0.29, 0.717) is 22.7 Å². The quantitative estimate of drug-likeness (QED) is 0.733. The summed E-state index contributed by atoms with van der Waals surface area (Å²) >= 11 is 0. The first-order chi connectivity index (χ1) is 13.5. The van der Waals surface area contributed by atoms with Crippen molar-refractivity contribution < 1.29 is 18.4 Å². The van der Waals surface area contributed by atoms with Gasteiger partial charge in [0.05, 0.1) is 18.7 Å². The normalized spacial score (nSPS) is 15.6. The Morgan fingerprint density at radius 3 is 2.71 bits per heavy atom. The molecule has 0 spiro atoms. The molecular formula is C22H19FN2O3. The molecule has 0 saturated heterocycles. The van der Waals surface area contributed by atoms with E-state index in [2.05, 4.69) is 5.32 Å². The molecule has 28 heavy (non-hydrogen) atoms. The van der Waals surface area contributed by atoms with Crippen molar-refractivity contribution in [2.45, 2.75) is 25.8 Å². The molecule has 0 aliphatic carbocycles. The zero-order valence-corrected chi connectivity index (χ0v) is 15.3. The van der Waals surface area contributed by atoms with Crippen LogP contribution in [0.25, 0.3) is 0 Å². The van der Waals surface area contributed by atoms with Gasteiger partial charge in [-0.3, -0.25) is 9.59 Å². The molecule has 6 heteroatoms. The summed E-state index contributed by atoms with van der Waals surface area (Å²) in [6.07, 6.45) is 1.57. The zero-order valence-electron chi connectivity index (χ0n) is 15.3. The third-order valence-corrected chi connectivity index (χ3v) is 4.86. The fourth-order valence-electron chi connectivity index (χ4n) is 3.43. The van der Waals surface area contributed by atoms with E-state index in [1.807, 2.05) is 31.2 Å². The maximum absolute atomic E-state index is 13.6. The molecule has 0 fully saturated rings. The third kappa shape index (κ3) is 3.53. The van der Waals surface area contributed by atoms with E-state index in [1.54, 1.807) is 29.4 Å². The van der Waals surface area contributed by atoms with Gasteiger partial charge in [0.25, 0.3) is 0 Å². The van der Waals surface area contributed by atoms with Crippen LogP contribution in [0.1, 0.15) is 29.2 Å². The average Bonchev–Trinajstić information content (AvgIpc) is 3.18. The smallest absolute Gasteiger partial charge is 0.235 e. The minimum Gasteiger partial charge on any atom is -0.467 e. The number of nitrogens with zero attached hydrogens (tertiary/aromatic N) is 1. The lowest BCUT2D eigenvalue weighted by Crippen LogP contribution is -2.38. The van der Waals surface area contributed by atoms with E-state index in [9.17, 15) is 14.0 Å². The number of aryl methyl sites for hydroxylation is 1. The van der Waals surface area contributed by atoms with Gasteiger partial charge in [-0.05, 0) is 48.9 Å². The van der Waals surface area contributed by atoms with Crippen molar-refractivity contribution in [3.63, 3.8) is 0 Å². The first kappa shape index (κ1) is 18.0. The van der Waals surface area contributed by atoms with Crippen molar-refractivity contribution in [2.75, 3.05) is 10.2 Å². The molecule has 3 aromatic rings. The van der Waals surface area contributed by atoms with Crippen LogP contribution < -0.4 is 10.2 Å². The second-order valence-electron chi connectivity index (χ2n) is 6.88. The van der Waals surface area contributed by atoms with Crippen molar-refractivity contribution in [3.8, 4) is 0 Å². The van der Waals surface area contributed by atoms with Crippen LogP contribution >= 0.6 is 0 Å². The van der Waals surface area contributed by atoms with Crippen LogP contribution in [0, 0.1) is 12.7 Å². The topological polar surface area (TPSA) is 62.6 Å². The number of hydrogen-bond acceptors (Lipinski definition) is 3. The van der Waals surface area contributed by atoms with Gasteiger partial charge in [0, 0.05) is 17.8 Å². The Morgan fingerprint density at radius 2 is 2.00 bits per heavy atom. The number of anilines is 2. The minimum atomic E-state index is -0.694. The molecule has 142 valence electrons. The number of carbonyl (C=O) groups excluding carboxylic acids is 2. The summed E-state index contributed by atoms with van der Waals surface area (Å²) in [5.41, 5.74) is 2.74. The fourth-order valence-corrected chi connectivity index (χ4v) is 3.43. The standard InChI is InChI=1S/C22H19FN2O3/c1-14-4-7-16(8-5-14)25(13-17-3-2-10-28-17)22(27)19-12-21(26)24-20-11-15(23)6-9-18(19)20/h2-11,19H,12-13H2,1H3,(H,24,26). The lowest BCUT2D eigenvalue weighted by molar-refractivity contribution is -0.124. The average molecular weight is 378 g/mol. The van der Waals surface area contributed by atoms with Crippen molar-refractivity contribution in [3.05, 3.63) is 83.6 Å². The Morgan fingerprint density at radius 1 is 1.21 bits per heavy atom. The lowest BCUT2D eigenvalue weighted by Gasteiger charge is -2.30. The number of benzene rings is 2. The van der Waals surface area contributed by atoms with E-state index < -0.39 is 11.7 Å². The Labute approximate surface area is 161 Å². The monoisotopic (exact) mass is 378 g/mol. The Kier molecular flexibility index (Phi) is 4.69. The molecule has 0 radical (unpaired) electrons. The highest BCUT2D eigenvalue weighted by molar-refractivity contribution is 6.06. The van der Waals surface area contributed by atoms with Crippen LogP contribution in [0.3, 0.4) is 0 Å². The van der Waals surface area contributed by atoms with Gasteiger partial charge in [-0.15, -0.1) is 0 Å². The number of nitrogens with one attached hydrogen (secondary N) is 1. The summed E-state index contributed by atoms with van der Waals surface area (Å²) in [6.45, 7) is 2.21. The van der Waals surface area contributed by atoms with Crippen LogP contribution in [-0.4, -0.2) is 11.8 Å². The molecule has 1 aliphatic heterocycles. The zero-order chi connectivity index (χ0) is 19.7. The molecule has 2 amide bonds. The molecule has 1 aliphatic rings. The summed E-state index contributed by atoms with van der Waals surface area (Å²) in [4.78, 5) is 27.3. The van der Waals surface area contributed by atoms with Gasteiger partial charge in [-0.2, -0.15) is 0 Å². The number of rotatable bonds is 4. The van der Waals surface area contributed by atoms with Gasteiger partial charge in [-0.1, -0.05) is 23.8 Å². The van der Waals surface area contributed by atoms with Crippen LogP contribution in [0.2, 0.25) is 0 Å². The van der Waals surface area contributed by atoms with Crippen LogP contribution in [0.5, 0.6) is 0 Å². The van der Waals surface area contributed by atoms with Crippen LogP contribution in [0.15, 0.2) is 65.3 Å². The fraction of sp³-hybridized carbons (Fsp3) is 0.182. The summed E-state index contributed by atoms with van der Waals surface area (Å²) in [6, 6.07) is 15.3. The highest BCUT2D eigenvalue weighted by Crippen LogP contribution is 2.35. The molecule has 1 unspecified atom stereocenters. The maximum Gasteiger partial charge on any atom is 0.235 e. The van der Waals surface area contributed by atoms with Crippen molar-refractivity contribution in [2.24, 2.45) is 0 Å². The SMILES string of the molecule is Cc1ccc(N(Cc2ccco2)C(=O)C2CC(=O)Nc3cc(F)ccc32)cc1. The molecular weight excluding hydrogens is 359 g/mol.